The Morgan fingerprint density at radius 2 is 1.83 bits per heavy atom. The van der Waals surface area contributed by atoms with Gasteiger partial charge in [-0.15, -0.1) is 6.58 Å². The number of nitrogens with zero attached hydrogens (tertiary/aromatic N) is 3. The maximum absolute atomic E-state index is 15.2. The number of Topliss-reactive ketones (excluding diaryl/α,β-unsaturated/α-hetero) is 1. The molecule has 6 bridgehead atoms. The summed E-state index contributed by atoms with van der Waals surface area (Å²) < 4.78 is 53.0. The van der Waals surface area contributed by atoms with Crippen LogP contribution in [-0.4, -0.2) is 110 Å². The van der Waals surface area contributed by atoms with Gasteiger partial charge in [-0.2, -0.15) is 0 Å². The molecule has 6 aliphatic rings. The SMILES string of the molecule is C=C[C@H]1C[C@]1(CC(=O)[C@@H]1C[C@@H]2CN1C(=O)[C@H](C1CCCCC1)CC(=O)N1CCC[C@@H](C1)OCCCc1cc3c(cc(OCC)nc3cc1OC)O2)C(=O)NS(=O)(=O)C1CC1. The molecule has 0 radical (unpaired) electrons. The van der Waals surface area contributed by atoms with Crippen molar-refractivity contribution in [1.82, 2.24) is 19.5 Å². The minimum atomic E-state index is -3.86. The first-order valence-corrected chi connectivity index (χ1v) is 23.7. The van der Waals surface area contributed by atoms with E-state index in [1.807, 2.05) is 24.0 Å². The summed E-state index contributed by atoms with van der Waals surface area (Å²) >= 11 is 0. The third-order valence-corrected chi connectivity index (χ3v) is 15.6. The molecule has 2 saturated heterocycles. The van der Waals surface area contributed by atoms with Crippen molar-refractivity contribution in [1.29, 1.82) is 0 Å². The molecule has 1 N–H and O–H groups in total. The molecule has 4 heterocycles. The van der Waals surface area contributed by atoms with Crippen LogP contribution in [0.3, 0.4) is 0 Å². The summed E-state index contributed by atoms with van der Waals surface area (Å²) in [6, 6.07) is 4.67. The van der Waals surface area contributed by atoms with Crippen LogP contribution in [0.2, 0.25) is 0 Å². The molecule has 326 valence electrons. The normalized spacial score (nSPS) is 29.3. The van der Waals surface area contributed by atoms with Crippen molar-refractivity contribution < 1.29 is 46.5 Å². The second-order valence-electron chi connectivity index (χ2n) is 17.9. The van der Waals surface area contributed by atoms with Crippen LogP contribution in [0.5, 0.6) is 17.4 Å². The molecule has 5 fully saturated rings. The lowest BCUT2D eigenvalue weighted by Crippen LogP contribution is -2.49. The van der Waals surface area contributed by atoms with Crippen LogP contribution in [0, 0.1) is 23.2 Å². The van der Waals surface area contributed by atoms with Crippen molar-refractivity contribution in [3.63, 3.8) is 0 Å². The van der Waals surface area contributed by atoms with E-state index in [0.29, 0.717) is 68.5 Å². The van der Waals surface area contributed by atoms with E-state index in [0.717, 1.165) is 62.3 Å². The molecule has 15 heteroatoms. The maximum Gasteiger partial charge on any atom is 0.240 e. The maximum atomic E-state index is 15.2. The number of piperidine rings is 1. The molecular weight excluding hydrogens is 789 g/mol. The first-order valence-electron chi connectivity index (χ1n) is 22.1. The quantitative estimate of drug-likeness (QED) is 0.292. The second-order valence-corrected chi connectivity index (χ2v) is 19.8. The second kappa shape index (κ2) is 17.6. The lowest BCUT2D eigenvalue weighted by Gasteiger charge is -2.37. The fourth-order valence-corrected chi connectivity index (χ4v) is 11.6. The Morgan fingerprint density at radius 3 is 2.55 bits per heavy atom. The molecule has 8 rings (SSSR count). The Kier molecular flexibility index (Phi) is 12.5. The molecular formula is C45H60N4O10S. The number of fused-ring (bicyclic) bond motifs is 5. The van der Waals surface area contributed by atoms with Gasteiger partial charge in [-0.05, 0) is 88.2 Å². The first-order chi connectivity index (χ1) is 28.9. The average molecular weight is 849 g/mol. The van der Waals surface area contributed by atoms with Gasteiger partial charge in [0.25, 0.3) is 0 Å². The standard InChI is InChI=1S/C45H60N4O10S/c1-4-30-24-45(30,44(53)47-60(54,55)33-15-16-33)25-38(50)37-20-32-27-49(37)43(52)34(28-11-7-6-8-12-28)21-42(51)48-17-9-14-31(26-48)58-18-10-13-29-19-35-36(22-39(29)56-3)46-41(57-5-2)23-40(35)59-32/h4,19,22-23,28,30-34,37H,1,5-18,20-21,24-27H2,2-3H3,(H,47,53)/t30-,31-,32+,34-,37-,45+/m0/s1. The van der Waals surface area contributed by atoms with Crippen LogP contribution in [-0.2, 0) is 40.4 Å². The number of methoxy groups -OCH3 is 1. The van der Waals surface area contributed by atoms with E-state index in [4.69, 9.17) is 23.9 Å². The monoisotopic (exact) mass is 848 g/mol. The minimum absolute atomic E-state index is 0.0264. The van der Waals surface area contributed by atoms with Crippen LogP contribution < -0.4 is 18.9 Å². The molecule has 1 aromatic heterocycles. The van der Waals surface area contributed by atoms with Gasteiger partial charge in [0.05, 0.1) is 48.6 Å². The highest BCUT2D eigenvalue weighted by Gasteiger charge is 2.61. The van der Waals surface area contributed by atoms with E-state index in [1.165, 1.54) is 0 Å². The number of sulfonamides is 1. The number of ether oxygens (including phenoxy) is 4. The van der Waals surface area contributed by atoms with Crippen molar-refractivity contribution in [2.24, 2.45) is 23.2 Å². The van der Waals surface area contributed by atoms with Gasteiger partial charge in [0.15, 0.2) is 5.78 Å². The number of pyridine rings is 1. The first kappa shape index (κ1) is 42.5. The summed E-state index contributed by atoms with van der Waals surface area (Å²) in [4.78, 5) is 66.2. The van der Waals surface area contributed by atoms with Crippen LogP contribution in [0.1, 0.15) is 102 Å². The molecule has 3 aliphatic carbocycles. The van der Waals surface area contributed by atoms with Crippen molar-refractivity contribution in [2.45, 2.75) is 127 Å². The molecule has 6 atom stereocenters. The number of rotatable bonds is 11. The van der Waals surface area contributed by atoms with Gasteiger partial charge in [-0.3, -0.25) is 23.9 Å². The average Bonchev–Trinajstić information content (AvgIpc) is 4.18. The fourth-order valence-electron chi connectivity index (χ4n) is 10.2. The summed E-state index contributed by atoms with van der Waals surface area (Å²) in [5.41, 5.74) is 0.269. The van der Waals surface area contributed by atoms with Gasteiger partial charge in [0, 0.05) is 62.4 Å². The third-order valence-electron chi connectivity index (χ3n) is 13.8. The number of hydrogen-bond donors (Lipinski definition) is 1. The van der Waals surface area contributed by atoms with Crippen LogP contribution >= 0.6 is 0 Å². The molecule has 3 saturated carbocycles. The van der Waals surface area contributed by atoms with Crippen LogP contribution in [0.15, 0.2) is 30.9 Å². The van der Waals surface area contributed by atoms with E-state index >= 15 is 4.79 Å². The number of benzene rings is 1. The number of aryl methyl sites for hydroxylation is 1. The van der Waals surface area contributed by atoms with Gasteiger partial charge in [-0.1, -0.05) is 25.3 Å². The number of amides is 3. The summed E-state index contributed by atoms with van der Waals surface area (Å²) in [5.74, 6) is -0.913. The summed E-state index contributed by atoms with van der Waals surface area (Å²) in [6.45, 7) is 7.79. The number of carbonyl (C=O) groups is 4. The zero-order valence-corrected chi connectivity index (χ0v) is 35.8. The van der Waals surface area contributed by atoms with E-state index in [9.17, 15) is 22.8 Å². The Balaban J connectivity index is 1.17. The third kappa shape index (κ3) is 8.89. The molecule has 1 aromatic carbocycles. The van der Waals surface area contributed by atoms with Crippen LogP contribution in [0.25, 0.3) is 10.9 Å². The topological polar surface area (TPSA) is 171 Å². The number of allylic oxidation sites excluding steroid dienone is 1. The van der Waals surface area contributed by atoms with E-state index in [1.54, 1.807) is 24.2 Å². The zero-order chi connectivity index (χ0) is 42.2. The number of aromatic nitrogens is 1. The molecule has 60 heavy (non-hydrogen) atoms. The van der Waals surface area contributed by atoms with Crippen molar-refractivity contribution in [3.05, 3.63) is 36.4 Å². The lowest BCUT2D eigenvalue weighted by molar-refractivity contribution is -0.148. The summed E-state index contributed by atoms with van der Waals surface area (Å²) in [6.07, 6.45) is 9.72. The van der Waals surface area contributed by atoms with Gasteiger partial charge in [-0.25, -0.2) is 13.4 Å². The van der Waals surface area contributed by atoms with Gasteiger partial charge in [0.1, 0.15) is 17.6 Å². The van der Waals surface area contributed by atoms with Gasteiger partial charge < -0.3 is 28.7 Å². The van der Waals surface area contributed by atoms with Gasteiger partial charge >= 0.3 is 0 Å². The van der Waals surface area contributed by atoms with Crippen molar-refractivity contribution in [3.8, 4) is 17.4 Å². The highest BCUT2D eigenvalue weighted by Crippen LogP contribution is 2.57. The largest absolute Gasteiger partial charge is 0.496 e. The highest BCUT2D eigenvalue weighted by molar-refractivity contribution is 7.90. The molecule has 3 amide bonds. The Bertz CT molecular complexity index is 2100. The number of ketones is 1. The number of hydrogen-bond acceptors (Lipinski definition) is 11. The van der Waals surface area contributed by atoms with E-state index in [-0.39, 0.29) is 61.8 Å². The zero-order valence-electron chi connectivity index (χ0n) is 35.0. The predicted octanol–water partition coefficient (Wildman–Crippen LogP) is 5.29. The molecule has 0 unspecified atom stereocenters. The Morgan fingerprint density at radius 1 is 1.03 bits per heavy atom. The van der Waals surface area contributed by atoms with Crippen molar-refractivity contribution >= 4 is 44.4 Å². The van der Waals surface area contributed by atoms with Gasteiger partial charge in [0.2, 0.25) is 33.6 Å². The van der Waals surface area contributed by atoms with E-state index in [2.05, 4.69) is 11.3 Å². The minimum Gasteiger partial charge on any atom is -0.496 e. The molecule has 0 spiro atoms. The number of nitrogens with one attached hydrogen (secondary N) is 1. The fraction of sp³-hybridized carbons (Fsp3) is 0.667. The summed E-state index contributed by atoms with van der Waals surface area (Å²) in [5, 5.41) is 0.125. The highest BCUT2D eigenvalue weighted by atomic mass is 32.2. The predicted molar refractivity (Wildman–Crippen MR) is 223 cm³/mol. The Labute approximate surface area is 353 Å². The molecule has 2 aromatic rings. The molecule has 14 nitrogen and oxygen atoms in total. The summed E-state index contributed by atoms with van der Waals surface area (Å²) in [7, 11) is -2.24. The smallest absolute Gasteiger partial charge is 0.240 e. The van der Waals surface area contributed by atoms with E-state index < -0.39 is 50.6 Å². The lowest BCUT2D eigenvalue weighted by atomic mass is 9.77. The molecule has 3 aliphatic heterocycles. The number of carbonyl (C=O) groups excluding carboxylic acids is 4. The van der Waals surface area contributed by atoms with Crippen molar-refractivity contribution in [2.75, 3.05) is 40.0 Å². The Hall–Kier alpha value is -4.24. The van der Waals surface area contributed by atoms with Crippen LogP contribution in [0.4, 0.5) is 0 Å².